The van der Waals surface area contributed by atoms with E-state index in [-0.39, 0.29) is 23.2 Å². The zero-order valence-corrected chi connectivity index (χ0v) is 11.9. The fourth-order valence-electron chi connectivity index (χ4n) is 2.14. The predicted octanol–water partition coefficient (Wildman–Crippen LogP) is 2.64. The zero-order chi connectivity index (χ0) is 15.7. The predicted molar refractivity (Wildman–Crippen MR) is 79.2 cm³/mol. The molecule has 1 fully saturated rings. The number of hydrogen-bond acceptors (Lipinski definition) is 3. The van der Waals surface area contributed by atoms with Crippen LogP contribution in [-0.2, 0) is 4.79 Å². The Morgan fingerprint density at radius 3 is 2.73 bits per heavy atom. The van der Waals surface area contributed by atoms with E-state index < -0.39 is 5.82 Å². The van der Waals surface area contributed by atoms with Gasteiger partial charge in [-0.2, -0.15) is 5.10 Å². The number of carbonyl (C=O) groups excluding carboxylic acids is 2. The number of benzene rings is 1. The van der Waals surface area contributed by atoms with Gasteiger partial charge in [-0.25, -0.2) is 4.39 Å². The van der Waals surface area contributed by atoms with Gasteiger partial charge in [0.25, 0.3) is 5.91 Å². The maximum atomic E-state index is 13.5. The van der Waals surface area contributed by atoms with Crippen molar-refractivity contribution < 1.29 is 14.0 Å². The molecule has 6 nitrogen and oxygen atoms in total. The Hall–Kier alpha value is -2.70. The van der Waals surface area contributed by atoms with Gasteiger partial charge in [0, 0.05) is 24.2 Å². The molecule has 0 radical (unpaired) electrons. The van der Waals surface area contributed by atoms with E-state index in [4.69, 9.17) is 0 Å². The van der Waals surface area contributed by atoms with Gasteiger partial charge in [0.05, 0.1) is 5.69 Å². The molecular weight excluding hydrogens is 287 g/mol. The van der Waals surface area contributed by atoms with Crippen molar-refractivity contribution in [3.63, 3.8) is 0 Å². The number of rotatable bonds is 4. The number of H-pyrrole nitrogens is 1. The second kappa shape index (κ2) is 5.59. The van der Waals surface area contributed by atoms with E-state index in [2.05, 4.69) is 20.8 Å². The molecule has 0 aliphatic heterocycles. The third-order valence-corrected chi connectivity index (χ3v) is 3.38. The molecule has 1 heterocycles. The molecule has 1 aliphatic carbocycles. The summed E-state index contributed by atoms with van der Waals surface area (Å²) in [6, 6.07) is 5.70. The van der Waals surface area contributed by atoms with Gasteiger partial charge in [0.1, 0.15) is 5.82 Å². The first kappa shape index (κ1) is 14.2. The average molecular weight is 302 g/mol. The van der Waals surface area contributed by atoms with E-state index in [1.807, 2.05) is 0 Å². The van der Waals surface area contributed by atoms with Gasteiger partial charge in [-0.15, -0.1) is 0 Å². The Labute approximate surface area is 126 Å². The van der Waals surface area contributed by atoms with Crippen molar-refractivity contribution in [3.05, 3.63) is 41.5 Å². The summed E-state index contributed by atoms with van der Waals surface area (Å²) in [6.45, 7) is 1.29. The molecular formula is C15H15FN4O2. The van der Waals surface area contributed by atoms with Gasteiger partial charge in [-0.3, -0.25) is 14.7 Å². The number of amides is 2. The maximum absolute atomic E-state index is 13.5. The summed E-state index contributed by atoms with van der Waals surface area (Å²) in [4.78, 5) is 23.1. The lowest BCUT2D eigenvalue weighted by atomic mass is 10.2. The van der Waals surface area contributed by atoms with Crippen LogP contribution in [0.4, 0.5) is 15.8 Å². The average Bonchev–Trinajstić information content (AvgIpc) is 3.19. The van der Waals surface area contributed by atoms with Crippen molar-refractivity contribution >= 4 is 23.2 Å². The van der Waals surface area contributed by atoms with Crippen molar-refractivity contribution in [2.45, 2.75) is 25.7 Å². The minimum absolute atomic E-state index is 0.0194. The molecule has 3 N–H and O–H groups in total. The molecule has 2 aromatic rings. The van der Waals surface area contributed by atoms with Crippen molar-refractivity contribution in [3.8, 4) is 0 Å². The standard InChI is InChI=1S/C15H15FN4O2/c1-8(21)17-13-6-10(4-5-11(13)16)18-15(22)14-7-12(19-20-14)9-2-3-9/h4-7,9H,2-3H2,1H3,(H,17,21)(H,18,22)(H,19,20). The Morgan fingerprint density at radius 1 is 1.27 bits per heavy atom. The topological polar surface area (TPSA) is 86.9 Å². The van der Waals surface area contributed by atoms with Gasteiger partial charge < -0.3 is 10.6 Å². The van der Waals surface area contributed by atoms with Crippen LogP contribution in [-0.4, -0.2) is 22.0 Å². The van der Waals surface area contributed by atoms with Crippen LogP contribution in [0.3, 0.4) is 0 Å². The lowest BCUT2D eigenvalue weighted by molar-refractivity contribution is -0.114. The lowest BCUT2D eigenvalue weighted by Gasteiger charge is -2.08. The Morgan fingerprint density at radius 2 is 2.05 bits per heavy atom. The number of nitrogens with one attached hydrogen (secondary N) is 3. The van der Waals surface area contributed by atoms with Gasteiger partial charge in [-0.05, 0) is 37.1 Å². The largest absolute Gasteiger partial charge is 0.324 e. The Bertz CT molecular complexity index is 737. The third-order valence-electron chi connectivity index (χ3n) is 3.38. The summed E-state index contributed by atoms with van der Waals surface area (Å²) in [6.07, 6.45) is 2.22. The fraction of sp³-hybridized carbons (Fsp3) is 0.267. The Balaban J connectivity index is 1.73. The highest BCUT2D eigenvalue weighted by atomic mass is 19.1. The molecule has 7 heteroatoms. The van der Waals surface area contributed by atoms with E-state index >= 15 is 0 Å². The van der Waals surface area contributed by atoms with E-state index in [0.29, 0.717) is 11.6 Å². The SMILES string of the molecule is CC(=O)Nc1cc(NC(=O)c2cc(C3CC3)[nH]n2)ccc1F. The van der Waals surface area contributed by atoms with Gasteiger partial charge in [-0.1, -0.05) is 0 Å². The minimum atomic E-state index is -0.566. The first-order valence-corrected chi connectivity index (χ1v) is 6.96. The van der Waals surface area contributed by atoms with E-state index in [0.717, 1.165) is 18.5 Å². The maximum Gasteiger partial charge on any atom is 0.276 e. The summed E-state index contributed by atoms with van der Waals surface area (Å²) >= 11 is 0. The van der Waals surface area contributed by atoms with Crippen LogP contribution >= 0.6 is 0 Å². The molecule has 1 aromatic heterocycles. The molecule has 0 spiro atoms. The second-order valence-corrected chi connectivity index (χ2v) is 5.31. The highest BCUT2D eigenvalue weighted by Gasteiger charge is 2.26. The van der Waals surface area contributed by atoms with Gasteiger partial charge in [0.15, 0.2) is 5.69 Å². The number of anilines is 2. The molecule has 3 rings (SSSR count). The second-order valence-electron chi connectivity index (χ2n) is 5.31. The number of aromatic amines is 1. The van der Waals surface area contributed by atoms with Crippen molar-refractivity contribution in [2.75, 3.05) is 10.6 Å². The van der Waals surface area contributed by atoms with Crippen molar-refractivity contribution in [1.29, 1.82) is 0 Å². The monoisotopic (exact) mass is 302 g/mol. The van der Waals surface area contributed by atoms with Gasteiger partial charge in [0.2, 0.25) is 5.91 Å². The molecule has 1 aliphatic rings. The summed E-state index contributed by atoms with van der Waals surface area (Å²) < 4.78 is 13.5. The molecule has 0 bridgehead atoms. The van der Waals surface area contributed by atoms with Crippen molar-refractivity contribution in [1.82, 2.24) is 10.2 Å². The molecule has 0 atom stereocenters. The molecule has 1 saturated carbocycles. The van der Waals surface area contributed by atoms with Crippen LogP contribution in [0.2, 0.25) is 0 Å². The quantitative estimate of drug-likeness (QED) is 0.811. The van der Waals surface area contributed by atoms with Crippen LogP contribution in [0, 0.1) is 5.82 Å². The number of hydrogen-bond donors (Lipinski definition) is 3. The number of nitrogens with zero attached hydrogens (tertiary/aromatic N) is 1. The fourth-order valence-corrected chi connectivity index (χ4v) is 2.14. The minimum Gasteiger partial charge on any atom is -0.324 e. The van der Waals surface area contributed by atoms with Crippen molar-refractivity contribution in [2.24, 2.45) is 0 Å². The number of carbonyl (C=O) groups is 2. The molecule has 0 saturated heterocycles. The first-order chi connectivity index (χ1) is 10.5. The molecule has 2 amide bonds. The molecule has 0 unspecified atom stereocenters. The summed E-state index contributed by atoms with van der Waals surface area (Å²) in [5, 5.41) is 11.8. The van der Waals surface area contributed by atoms with Gasteiger partial charge >= 0.3 is 0 Å². The van der Waals surface area contributed by atoms with Crippen LogP contribution in [0.15, 0.2) is 24.3 Å². The lowest BCUT2D eigenvalue weighted by Crippen LogP contribution is -2.13. The normalized spacial score (nSPS) is 13.7. The third kappa shape index (κ3) is 3.13. The van der Waals surface area contributed by atoms with Crippen LogP contribution < -0.4 is 10.6 Å². The smallest absolute Gasteiger partial charge is 0.276 e. The Kier molecular flexibility index (Phi) is 3.62. The van der Waals surface area contributed by atoms with E-state index in [1.165, 1.54) is 25.1 Å². The van der Waals surface area contributed by atoms with Crippen LogP contribution in [0.1, 0.15) is 41.9 Å². The van der Waals surface area contributed by atoms with Crippen LogP contribution in [0.25, 0.3) is 0 Å². The highest BCUT2D eigenvalue weighted by Crippen LogP contribution is 2.39. The molecule has 22 heavy (non-hydrogen) atoms. The van der Waals surface area contributed by atoms with Crippen LogP contribution in [0.5, 0.6) is 0 Å². The molecule has 1 aromatic carbocycles. The number of aromatic nitrogens is 2. The zero-order valence-electron chi connectivity index (χ0n) is 11.9. The van der Waals surface area contributed by atoms with E-state index in [1.54, 1.807) is 6.07 Å². The molecule has 114 valence electrons. The first-order valence-electron chi connectivity index (χ1n) is 6.96. The summed E-state index contributed by atoms with van der Waals surface area (Å²) in [5.74, 6) is -0.859. The number of halogens is 1. The summed E-state index contributed by atoms with van der Waals surface area (Å²) in [7, 11) is 0. The summed E-state index contributed by atoms with van der Waals surface area (Å²) in [5.41, 5.74) is 1.65. The van der Waals surface area contributed by atoms with E-state index in [9.17, 15) is 14.0 Å². The highest BCUT2D eigenvalue weighted by molar-refractivity contribution is 6.03.